The van der Waals surface area contributed by atoms with E-state index in [4.69, 9.17) is 9.15 Å². The van der Waals surface area contributed by atoms with Crippen molar-refractivity contribution in [3.05, 3.63) is 36.2 Å². The standard InChI is InChI=1S/C17H20N2O4/c1-11(17(20)21)19(14-5-6-14)9-13-10-23-16(18-13)12-3-7-15(22-2)8-4-12/h3-4,7-8,10-11,14H,5-6,9H2,1-2H3,(H,20,21). The number of nitrogens with zero attached hydrogens (tertiary/aromatic N) is 2. The fourth-order valence-corrected chi connectivity index (χ4v) is 2.56. The van der Waals surface area contributed by atoms with Crippen molar-refractivity contribution in [2.24, 2.45) is 0 Å². The van der Waals surface area contributed by atoms with Gasteiger partial charge in [0.1, 0.15) is 18.1 Å². The Morgan fingerprint density at radius 3 is 2.70 bits per heavy atom. The second kappa shape index (κ2) is 6.42. The summed E-state index contributed by atoms with van der Waals surface area (Å²) in [4.78, 5) is 17.7. The van der Waals surface area contributed by atoms with Gasteiger partial charge in [-0.1, -0.05) is 0 Å². The molecular formula is C17H20N2O4. The quantitative estimate of drug-likeness (QED) is 0.846. The molecule has 0 spiro atoms. The molecule has 1 aliphatic rings. The number of rotatable bonds is 7. The molecule has 1 heterocycles. The van der Waals surface area contributed by atoms with Gasteiger partial charge in [0.15, 0.2) is 0 Å². The summed E-state index contributed by atoms with van der Waals surface area (Å²) < 4.78 is 10.7. The smallest absolute Gasteiger partial charge is 0.320 e. The molecule has 6 nitrogen and oxygen atoms in total. The monoisotopic (exact) mass is 316 g/mol. The zero-order chi connectivity index (χ0) is 16.4. The number of benzene rings is 1. The summed E-state index contributed by atoms with van der Waals surface area (Å²) in [6, 6.07) is 7.27. The number of aliphatic carboxylic acids is 1. The van der Waals surface area contributed by atoms with Crippen molar-refractivity contribution in [1.82, 2.24) is 9.88 Å². The van der Waals surface area contributed by atoms with Crippen LogP contribution in [0.5, 0.6) is 5.75 Å². The minimum Gasteiger partial charge on any atom is -0.497 e. The Labute approximate surface area is 134 Å². The highest BCUT2D eigenvalue weighted by molar-refractivity contribution is 5.73. The first kappa shape index (κ1) is 15.6. The van der Waals surface area contributed by atoms with Gasteiger partial charge in [-0.05, 0) is 44.0 Å². The molecule has 0 radical (unpaired) electrons. The SMILES string of the molecule is COc1ccc(-c2nc(CN(C3CC3)C(C)C(=O)O)co2)cc1. The van der Waals surface area contributed by atoms with E-state index in [-0.39, 0.29) is 0 Å². The van der Waals surface area contributed by atoms with E-state index in [1.54, 1.807) is 20.3 Å². The van der Waals surface area contributed by atoms with Crippen LogP contribution in [0.15, 0.2) is 34.9 Å². The summed E-state index contributed by atoms with van der Waals surface area (Å²) in [6.45, 7) is 2.20. The first-order chi connectivity index (χ1) is 11.1. The van der Waals surface area contributed by atoms with Gasteiger partial charge in [-0.15, -0.1) is 0 Å². The Morgan fingerprint density at radius 1 is 1.43 bits per heavy atom. The van der Waals surface area contributed by atoms with E-state index in [0.717, 1.165) is 29.8 Å². The number of hydrogen-bond acceptors (Lipinski definition) is 5. The predicted molar refractivity (Wildman–Crippen MR) is 84.2 cm³/mol. The number of carboxylic acid groups (broad SMARTS) is 1. The maximum Gasteiger partial charge on any atom is 0.320 e. The zero-order valence-corrected chi connectivity index (χ0v) is 13.2. The molecule has 1 unspecified atom stereocenters. The van der Waals surface area contributed by atoms with Crippen LogP contribution in [0.2, 0.25) is 0 Å². The molecule has 1 fully saturated rings. The minimum atomic E-state index is -0.809. The molecule has 1 N–H and O–H groups in total. The predicted octanol–water partition coefficient (Wildman–Crippen LogP) is 2.79. The molecule has 122 valence electrons. The molecule has 1 aromatic carbocycles. The van der Waals surface area contributed by atoms with Crippen LogP contribution in [-0.4, -0.2) is 40.2 Å². The normalized spacial score (nSPS) is 15.6. The Balaban J connectivity index is 1.74. The van der Waals surface area contributed by atoms with Gasteiger partial charge in [-0.3, -0.25) is 9.69 Å². The van der Waals surface area contributed by atoms with Crippen LogP contribution in [0.3, 0.4) is 0 Å². The van der Waals surface area contributed by atoms with Crippen LogP contribution in [-0.2, 0) is 11.3 Å². The highest BCUT2D eigenvalue weighted by atomic mass is 16.5. The molecule has 1 saturated carbocycles. The minimum absolute atomic E-state index is 0.335. The number of carboxylic acids is 1. The van der Waals surface area contributed by atoms with Crippen molar-refractivity contribution in [1.29, 1.82) is 0 Å². The summed E-state index contributed by atoms with van der Waals surface area (Å²) in [5.74, 6) is 0.493. The average molecular weight is 316 g/mol. The van der Waals surface area contributed by atoms with E-state index in [0.29, 0.717) is 18.5 Å². The Morgan fingerprint density at radius 2 is 2.13 bits per heavy atom. The van der Waals surface area contributed by atoms with Crippen LogP contribution in [0.1, 0.15) is 25.5 Å². The number of hydrogen-bond donors (Lipinski definition) is 1. The van der Waals surface area contributed by atoms with Gasteiger partial charge >= 0.3 is 5.97 Å². The molecular weight excluding hydrogens is 296 g/mol. The molecule has 0 saturated heterocycles. The van der Waals surface area contributed by atoms with Gasteiger partial charge in [-0.25, -0.2) is 4.98 Å². The number of methoxy groups -OCH3 is 1. The molecule has 23 heavy (non-hydrogen) atoms. The van der Waals surface area contributed by atoms with Gasteiger partial charge in [0, 0.05) is 18.2 Å². The fourth-order valence-electron chi connectivity index (χ4n) is 2.56. The maximum absolute atomic E-state index is 11.3. The molecule has 6 heteroatoms. The van der Waals surface area contributed by atoms with E-state index in [9.17, 15) is 9.90 Å². The first-order valence-electron chi connectivity index (χ1n) is 7.66. The van der Waals surface area contributed by atoms with Crippen molar-refractivity contribution < 1.29 is 19.1 Å². The third kappa shape index (κ3) is 3.53. The molecule has 0 aliphatic heterocycles. The molecule has 1 atom stereocenters. The molecule has 1 aliphatic carbocycles. The number of oxazole rings is 1. The van der Waals surface area contributed by atoms with Gasteiger partial charge in [0.2, 0.25) is 5.89 Å². The van der Waals surface area contributed by atoms with Crippen molar-refractivity contribution in [2.45, 2.75) is 38.4 Å². The van der Waals surface area contributed by atoms with Crippen LogP contribution in [0.4, 0.5) is 0 Å². The largest absolute Gasteiger partial charge is 0.497 e. The van der Waals surface area contributed by atoms with Gasteiger partial charge in [0.25, 0.3) is 0 Å². The number of carbonyl (C=O) groups is 1. The Bertz CT molecular complexity index is 676. The lowest BCUT2D eigenvalue weighted by atomic mass is 10.2. The third-order valence-electron chi connectivity index (χ3n) is 4.10. The summed E-state index contributed by atoms with van der Waals surface area (Å²) in [5.41, 5.74) is 1.61. The lowest BCUT2D eigenvalue weighted by molar-refractivity contribution is -0.143. The van der Waals surface area contributed by atoms with Crippen molar-refractivity contribution >= 4 is 5.97 Å². The second-order valence-corrected chi connectivity index (χ2v) is 5.79. The van der Waals surface area contributed by atoms with Crippen molar-refractivity contribution in [2.75, 3.05) is 7.11 Å². The van der Waals surface area contributed by atoms with Crippen LogP contribution < -0.4 is 4.74 Å². The molecule has 0 bridgehead atoms. The summed E-state index contributed by atoms with van der Waals surface area (Å²) >= 11 is 0. The van der Waals surface area contributed by atoms with E-state index in [2.05, 4.69) is 4.98 Å². The highest BCUT2D eigenvalue weighted by Crippen LogP contribution is 2.30. The lowest BCUT2D eigenvalue weighted by Crippen LogP contribution is -2.40. The van der Waals surface area contributed by atoms with E-state index < -0.39 is 12.0 Å². The van der Waals surface area contributed by atoms with E-state index in [1.807, 2.05) is 29.2 Å². The number of ether oxygens (including phenoxy) is 1. The summed E-state index contributed by atoms with van der Waals surface area (Å²) in [7, 11) is 1.62. The maximum atomic E-state index is 11.3. The zero-order valence-electron chi connectivity index (χ0n) is 13.2. The Kier molecular flexibility index (Phi) is 4.34. The van der Waals surface area contributed by atoms with Crippen molar-refractivity contribution in [3.63, 3.8) is 0 Å². The topological polar surface area (TPSA) is 75.8 Å². The third-order valence-corrected chi connectivity index (χ3v) is 4.10. The van der Waals surface area contributed by atoms with Crippen molar-refractivity contribution in [3.8, 4) is 17.2 Å². The Hall–Kier alpha value is -2.34. The summed E-state index contributed by atoms with van der Waals surface area (Å²) in [5, 5.41) is 9.24. The molecule has 1 aromatic heterocycles. The van der Waals surface area contributed by atoms with E-state index in [1.165, 1.54) is 0 Å². The van der Waals surface area contributed by atoms with Crippen LogP contribution in [0.25, 0.3) is 11.5 Å². The first-order valence-corrected chi connectivity index (χ1v) is 7.66. The molecule has 3 rings (SSSR count). The molecule has 0 amide bonds. The van der Waals surface area contributed by atoms with Crippen LogP contribution >= 0.6 is 0 Å². The second-order valence-electron chi connectivity index (χ2n) is 5.79. The average Bonchev–Trinajstić information content (AvgIpc) is 3.30. The summed E-state index contributed by atoms with van der Waals surface area (Å²) in [6.07, 6.45) is 3.69. The fraction of sp³-hybridized carbons (Fsp3) is 0.412. The van der Waals surface area contributed by atoms with E-state index >= 15 is 0 Å². The van der Waals surface area contributed by atoms with Gasteiger partial charge in [0.05, 0.1) is 12.8 Å². The number of aromatic nitrogens is 1. The highest BCUT2D eigenvalue weighted by Gasteiger charge is 2.35. The van der Waals surface area contributed by atoms with Crippen LogP contribution in [0, 0.1) is 0 Å². The van der Waals surface area contributed by atoms with Gasteiger partial charge in [-0.2, -0.15) is 0 Å². The van der Waals surface area contributed by atoms with Gasteiger partial charge < -0.3 is 14.3 Å². The lowest BCUT2D eigenvalue weighted by Gasteiger charge is -2.24. The molecule has 2 aromatic rings.